The van der Waals surface area contributed by atoms with E-state index in [2.05, 4.69) is 5.32 Å². The van der Waals surface area contributed by atoms with E-state index in [9.17, 15) is 9.59 Å². The lowest BCUT2D eigenvalue weighted by atomic mass is 10.0. The van der Waals surface area contributed by atoms with E-state index in [1.54, 1.807) is 0 Å². The Morgan fingerprint density at radius 3 is 2.62 bits per heavy atom. The lowest BCUT2D eigenvalue weighted by Gasteiger charge is -2.16. The quantitative estimate of drug-likeness (QED) is 0.762. The minimum absolute atomic E-state index is 0.120. The fourth-order valence-corrected chi connectivity index (χ4v) is 2.41. The van der Waals surface area contributed by atoms with E-state index in [4.69, 9.17) is 5.11 Å². The zero-order valence-electron chi connectivity index (χ0n) is 9.66. The average Bonchev–Trinajstić information content (AvgIpc) is 2.79. The molecule has 2 fully saturated rings. The van der Waals surface area contributed by atoms with Crippen LogP contribution in [0.15, 0.2) is 0 Å². The van der Waals surface area contributed by atoms with Crippen LogP contribution >= 0.6 is 0 Å². The molecule has 1 amide bonds. The van der Waals surface area contributed by atoms with Crippen LogP contribution in [0.2, 0.25) is 0 Å². The van der Waals surface area contributed by atoms with E-state index < -0.39 is 5.97 Å². The van der Waals surface area contributed by atoms with Crippen molar-refractivity contribution in [2.45, 2.75) is 51.5 Å². The van der Waals surface area contributed by atoms with Gasteiger partial charge in [-0.1, -0.05) is 6.92 Å². The lowest BCUT2D eigenvalue weighted by molar-refractivity contribution is -0.138. The molecule has 0 radical (unpaired) electrons. The van der Waals surface area contributed by atoms with Gasteiger partial charge in [0.05, 0.1) is 0 Å². The molecule has 0 aliphatic heterocycles. The van der Waals surface area contributed by atoms with Crippen LogP contribution < -0.4 is 5.32 Å². The summed E-state index contributed by atoms with van der Waals surface area (Å²) in [5, 5.41) is 11.7. The van der Waals surface area contributed by atoms with Crippen molar-refractivity contribution in [3.63, 3.8) is 0 Å². The van der Waals surface area contributed by atoms with Gasteiger partial charge in [-0.25, -0.2) is 0 Å². The minimum atomic E-state index is -0.730. The first-order valence-electron chi connectivity index (χ1n) is 6.02. The number of nitrogens with one attached hydrogen (secondary N) is 1. The summed E-state index contributed by atoms with van der Waals surface area (Å²) >= 11 is 0. The maximum absolute atomic E-state index is 11.8. The molecule has 2 aliphatic carbocycles. The Bertz CT molecular complexity index is 309. The van der Waals surface area contributed by atoms with Crippen LogP contribution in [0.4, 0.5) is 0 Å². The van der Waals surface area contributed by atoms with Gasteiger partial charge in [0.15, 0.2) is 0 Å². The van der Waals surface area contributed by atoms with Gasteiger partial charge in [-0.2, -0.15) is 0 Å². The third-order valence-corrected chi connectivity index (χ3v) is 3.89. The number of carboxylic acid groups (broad SMARTS) is 1. The lowest BCUT2D eigenvalue weighted by Crippen LogP contribution is -2.37. The van der Waals surface area contributed by atoms with Crippen LogP contribution in [0.5, 0.6) is 0 Å². The summed E-state index contributed by atoms with van der Waals surface area (Å²) in [6.07, 6.45) is 4.90. The highest BCUT2D eigenvalue weighted by molar-refractivity contribution is 5.85. The van der Waals surface area contributed by atoms with Crippen molar-refractivity contribution in [1.82, 2.24) is 5.32 Å². The van der Waals surface area contributed by atoms with Gasteiger partial charge in [-0.05, 0) is 38.0 Å². The Kier molecular flexibility index (Phi) is 2.91. The topological polar surface area (TPSA) is 66.4 Å². The molecule has 2 aliphatic rings. The van der Waals surface area contributed by atoms with Gasteiger partial charge in [0.2, 0.25) is 5.91 Å². The maximum atomic E-state index is 11.8. The predicted molar refractivity (Wildman–Crippen MR) is 58.9 cm³/mol. The van der Waals surface area contributed by atoms with Gasteiger partial charge in [-0.3, -0.25) is 9.59 Å². The van der Waals surface area contributed by atoms with E-state index >= 15 is 0 Å². The number of carboxylic acids is 1. The molecule has 16 heavy (non-hydrogen) atoms. The molecule has 0 aromatic rings. The summed E-state index contributed by atoms with van der Waals surface area (Å²) in [7, 11) is 0. The Balaban J connectivity index is 1.76. The number of hydrogen-bond donors (Lipinski definition) is 2. The largest absolute Gasteiger partial charge is 0.481 e. The van der Waals surface area contributed by atoms with Gasteiger partial charge in [-0.15, -0.1) is 0 Å². The van der Waals surface area contributed by atoms with E-state index in [1.807, 2.05) is 6.92 Å². The van der Waals surface area contributed by atoms with Gasteiger partial charge in [0.25, 0.3) is 0 Å². The van der Waals surface area contributed by atoms with E-state index in [0.717, 1.165) is 32.1 Å². The molecule has 0 aromatic heterocycles. The monoisotopic (exact) mass is 225 g/mol. The van der Waals surface area contributed by atoms with Crippen LogP contribution in [0, 0.1) is 11.3 Å². The van der Waals surface area contributed by atoms with Crippen LogP contribution in [-0.2, 0) is 9.59 Å². The number of aliphatic carboxylic acids is 1. The predicted octanol–water partition coefficient (Wildman–Crippen LogP) is 1.55. The van der Waals surface area contributed by atoms with E-state index in [0.29, 0.717) is 0 Å². The summed E-state index contributed by atoms with van der Waals surface area (Å²) < 4.78 is 0. The summed E-state index contributed by atoms with van der Waals surface area (Å²) in [4.78, 5) is 22.4. The fraction of sp³-hybridized carbons (Fsp3) is 0.833. The normalized spacial score (nSPS) is 31.1. The fourth-order valence-electron chi connectivity index (χ4n) is 2.41. The van der Waals surface area contributed by atoms with Crippen molar-refractivity contribution >= 4 is 11.9 Å². The summed E-state index contributed by atoms with van der Waals surface area (Å²) in [5.41, 5.74) is -0.120. The Labute approximate surface area is 95.4 Å². The van der Waals surface area contributed by atoms with Crippen molar-refractivity contribution in [2.75, 3.05) is 0 Å². The molecule has 2 atom stereocenters. The molecule has 2 rings (SSSR count). The Morgan fingerprint density at radius 2 is 2.06 bits per heavy atom. The second-order valence-corrected chi connectivity index (χ2v) is 5.51. The Hall–Kier alpha value is -1.06. The molecule has 2 N–H and O–H groups in total. The second-order valence-electron chi connectivity index (χ2n) is 5.51. The third-order valence-electron chi connectivity index (χ3n) is 3.89. The smallest absolute Gasteiger partial charge is 0.303 e. The number of carbonyl (C=O) groups is 2. The van der Waals surface area contributed by atoms with Crippen molar-refractivity contribution < 1.29 is 14.7 Å². The first-order chi connectivity index (χ1) is 7.49. The van der Waals surface area contributed by atoms with Crippen LogP contribution in [-0.4, -0.2) is 23.0 Å². The molecule has 2 unspecified atom stereocenters. The first-order valence-corrected chi connectivity index (χ1v) is 6.02. The molecule has 0 bridgehead atoms. The highest BCUT2D eigenvalue weighted by Gasteiger charge is 2.45. The van der Waals surface area contributed by atoms with Gasteiger partial charge in [0.1, 0.15) is 0 Å². The van der Waals surface area contributed by atoms with Crippen molar-refractivity contribution in [1.29, 1.82) is 0 Å². The van der Waals surface area contributed by atoms with Gasteiger partial charge >= 0.3 is 5.97 Å². The molecule has 2 saturated carbocycles. The van der Waals surface area contributed by atoms with E-state index in [1.165, 1.54) is 0 Å². The summed E-state index contributed by atoms with van der Waals surface area (Å²) in [6, 6.07) is 0.203. The molecule has 4 heteroatoms. The highest BCUT2D eigenvalue weighted by Crippen LogP contribution is 2.45. The van der Waals surface area contributed by atoms with Crippen LogP contribution in [0.1, 0.15) is 45.4 Å². The maximum Gasteiger partial charge on any atom is 0.303 e. The third kappa shape index (κ3) is 2.54. The average molecular weight is 225 g/mol. The minimum Gasteiger partial charge on any atom is -0.481 e. The zero-order chi connectivity index (χ0) is 11.8. The second kappa shape index (κ2) is 4.07. The van der Waals surface area contributed by atoms with Gasteiger partial charge in [0, 0.05) is 17.9 Å². The van der Waals surface area contributed by atoms with Crippen molar-refractivity contribution in [3.8, 4) is 0 Å². The number of hydrogen-bond acceptors (Lipinski definition) is 2. The van der Waals surface area contributed by atoms with Crippen molar-refractivity contribution in [3.05, 3.63) is 0 Å². The van der Waals surface area contributed by atoms with Gasteiger partial charge < -0.3 is 10.4 Å². The number of carbonyl (C=O) groups excluding carboxylic acids is 1. The van der Waals surface area contributed by atoms with Crippen molar-refractivity contribution in [2.24, 2.45) is 11.3 Å². The number of rotatable bonds is 4. The number of amides is 1. The molecule has 4 nitrogen and oxygen atoms in total. The molecular weight excluding hydrogens is 206 g/mol. The SMILES string of the molecule is CC1(C(=O)NC2CCC(CC(=O)O)C2)CC1. The standard InChI is InChI=1S/C12H19NO3/c1-12(4-5-12)11(16)13-9-3-2-8(6-9)7-10(14)15/h8-9H,2-7H2,1H3,(H,13,16)(H,14,15). The van der Waals surface area contributed by atoms with Crippen LogP contribution in [0.25, 0.3) is 0 Å². The Morgan fingerprint density at radius 1 is 1.38 bits per heavy atom. The summed E-state index contributed by atoms with van der Waals surface area (Å²) in [5.74, 6) is -0.325. The molecule has 0 heterocycles. The highest BCUT2D eigenvalue weighted by atomic mass is 16.4. The molecule has 0 aromatic carbocycles. The summed E-state index contributed by atoms with van der Waals surface area (Å²) in [6.45, 7) is 1.99. The first kappa shape index (κ1) is 11.4. The zero-order valence-corrected chi connectivity index (χ0v) is 9.66. The van der Waals surface area contributed by atoms with Crippen LogP contribution in [0.3, 0.4) is 0 Å². The molecule has 0 spiro atoms. The molecule has 0 saturated heterocycles. The molecular formula is C12H19NO3. The molecule has 90 valence electrons. The van der Waals surface area contributed by atoms with E-state index in [-0.39, 0.29) is 29.7 Å².